The Hall–Kier alpha value is -1.06. The average molecular weight is 238 g/mol. The van der Waals surface area contributed by atoms with E-state index < -0.39 is 6.10 Å². The molecular weight excluding hydrogens is 216 g/mol. The fraction of sp³-hybridized carbons (Fsp3) is 0.571. The molecule has 1 aromatic rings. The summed E-state index contributed by atoms with van der Waals surface area (Å²) in [5, 5.41) is 10.1. The number of aliphatic hydroxyl groups is 1. The summed E-state index contributed by atoms with van der Waals surface area (Å²) in [5.74, 6) is 0.735. The van der Waals surface area contributed by atoms with E-state index in [1.165, 1.54) is 0 Å². The minimum atomic E-state index is -0.526. The smallest absolute Gasteiger partial charge is 0.124 e. The molecule has 96 valence electrons. The molecule has 0 aliphatic carbocycles. The van der Waals surface area contributed by atoms with Crippen LogP contribution in [0.4, 0.5) is 0 Å². The molecule has 1 N–H and O–H groups in total. The van der Waals surface area contributed by atoms with Gasteiger partial charge in [-0.2, -0.15) is 0 Å². The number of methoxy groups -OCH3 is 1. The summed E-state index contributed by atoms with van der Waals surface area (Å²) in [6.45, 7) is 5.40. The van der Waals surface area contributed by atoms with Crippen molar-refractivity contribution >= 4 is 0 Å². The van der Waals surface area contributed by atoms with Crippen LogP contribution in [0.2, 0.25) is 0 Å². The van der Waals surface area contributed by atoms with E-state index in [2.05, 4.69) is 6.92 Å². The number of ether oxygens (including phenoxy) is 2. The van der Waals surface area contributed by atoms with Gasteiger partial charge < -0.3 is 14.6 Å². The predicted molar refractivity (Wildman–Crippen MR) is 68.4 cm³/mol. The molecule has 1 aromatic carbocycles. The summed E-state index contributed by atoms with van der Waals surface area (Å²) in [6, 6.07) is 5.83. The Morgan fingerprint density at radius 3 is 2.71 bits per heavy atom. The Kier molecular flexibility index (Phi) is 6.01. The Labute approximate surface area is 103 Å². The maximum Gasteiger partial charge on any atom is 0.124 e. The summed E-state index contributed by atoms with van der Waals surface area (Å²) in [5.41, 5.74) is 1.96. The van der Waals surface area contributed by atoms with Gasteiger partial charge in [0, 0.05) is 25.2 Å². The summed E-state index contributed by atoms with van der Waals surface area (Å²) in [4.78, 5) is 0. The van der Waals surface area contributed by atoms with Crippen LogP contribution in [-0.2, 0) is 4.74 Å². The van der Waals surface area contributed by atoms with Crippen LogP contribution in [0.15, 0.2) is 18.2 Å². The van der Waals surface area contributed by atoms with Crippen molar-refractivity contribution in [2.24, 2.45) is 0 Å². The summed E-state index contributed by atoms with van der Waals surface area (Å²) >= 11 is 0. The van der Waals surface area contributed by atoms with Gasteiger partial charge in [-0.1, -0.05) is 18.6 Å². The molecule has 1 atom stereocenters. The van der Waals surface area contributed by atoms with Gasteiger partial charge in [-0.3, -0.25) is 0 Å². The average Bonchev–Trinajstić information content (AvgIpc) is 2.34. The van der Waals surface area contributed by atoms with Crippen molar-refractivity contribution < 1.29 is 14.6 Å². The van der Waals surface area contributed by atoms with Gasteiger partial charge >= 0.3 is 0 Å². The quantitative estimate of drug-likeness (QED) is 0.742. The Morgan fingerprint density at radius 2 is 2.06 bits per heavy atom. The summed E-state index contributed by atoms with van der Waals surface area (Å²) < 4.78 is 10.6. The monoisotopic (exact) mass is 238 g/mol. The number of hydrogen-bond acceptors (Lipinski definition) is 3. The molecule has 0 aliphatic rings. The van der Waals surface area contributed by atoms with Crippen LogP contribution in [0.25, 0.3) is 0 Å². The lowest BCUT2D eigenvalue weighted by Crippen LogP contribution is -2.06. The second kappa shape index (κ2) is 7.30. The van der Waals surface area contributed by atoms with E-state index in [9.17, 15) is 5.11 Å². The van der Waals surface area contributed by atoms with E-state index in [4.69, 9.17) is 9.47 Å². The highest BCUT2D eigenvalue weighted by Crippen LogP contribution is 2.28. The number of aryl methyl sites for hydroxylation is 1. The van der Waals surface area contributed by atoms with E-state index in [0.717, 1.165) is 29.9 Å². The van der Waals surface area contributed by atoms with E-state index in [-0.39, 0.29) is 0 Å². The first kappa shape index (κ1) is 14.0. The number of rotatable bonds is 7. The first-order valence-corrected chi connectivity index (χ1v) is 6.09. The number of aliphatic hydroxyl groups excluding tert-OH is 1. The highest BCUT2D eigenvalue weighted by Gasteiger charge is 2.13. The largest absolute Gasteiger partial charge is 0.496 e. The normalized spacial score (nSPS) is 12.5. The maximum atomic E-state index is 10.1. The molecule has 0 heterocycles. The van der Waals surface area contributed by atoms with Crippen molar-refractivity contribution in [3.63, 3.8) is 0 Å². The van der Waals surface area contributed by atoms with Crippen molar-refractivity contribution in [3.8, 4) is 5.75 Å². The fourth-order valence-electron chi connectivity index (χ4n) is 1.71. The Balaban J connectivity index is 2.60. The van der Waals surface area contributed by atoms with Crippen molar-refractivity contribution in [1.29, 1.82) is 0 Å². The van der Waals surface area contributed by atoms with E-state index in [1.54, 1.807) is 7.11 Å². The number of benzene rings is 1. The first-order valence-electron chi connectivity index (χ1n) is 6.09. The minimum Gasteiger partial charge on any atom is -0.496 e. The zero-order valence-electron chi connectivity index (χ0n) is 10.9. The Morgan fingerprint density at radius 1 is 1.29 bits per heavy atom. The van der Waals surface area contributed by atoms with E-state index in [0.29, 0.717) is 13.0 Å². The molecule has 0 aromatic heterocycles. The third-order valence-electron chi connectivity index (χ3n) is 2.63. The molecule has 3 nitrogen and oxygen atoms in total. The summed E-state index contributed by atoms with van der Waals surface area (Å²) in [6.07, 6.45) is 1.07. The molecule has 0 radical (unpaired) electrons. The second-order valence-corrected chi connectivity index (χ2v) is 4.16. The van der Waals surface area contributed by atoms with Gasteiger partial charge in [0.25, 0.3) is 0 Å². The third-order valence-corrected chi connectivity index (χ3v) is 2.63. The molecule has 0 fully saturated rings. The van der Waals surface area contributed by atoms with Gasteiger partial charge in [-0.15, -0.1) is 0 Å². The lowest BCUT2D eigenvalue weighted by atomic mass is 10.0. The SMILES string of the molecule is CCCOCCC(O)c1cc(C)ccc1OC. The standard InChI is InChI=1S/C14H22O3/c1-4-8-17-9-7-13(15)12-10-11(2)5-6-14(12)16-3/h5-6,10,13,15H,4,7-9H2,1-3H3. The van der Waals surface area contributed by atoms with Crippen LogP contribution < -0.4 is 4.74 Å². The molecule has 1 unspecified atom stereocenters. The molecule has 0 spiro atoms. The van der Waals surface area contributed by atoms with Gasteiger partial charge in [0.1, 0.15) is 5.75 Å². The molecule has 0 saturated heterocycles. The molecule has 1 rings (SSSR count). The topological polar surface area (TPSA) is 38.7 Å². The predicted octanol–water partition coefficient (Wildman–Crippen LogP) is 2.85. The molecule has 3 heteroatoms. The van der Waals surface area contributed by atoms with Gasteiger partial charge in [-0.05, 0) is 25.5 Å². The zero-order chi connectivity index (χ0) is 12.7. The van der Waals surface area contributed by atoms with Crippen molar-refractivity contribution in [2.75, 3.05) is 20.3 Å². The van der Waals surface area contributed by atoms with Gasteiger partial charge in [0.2, 0.25) is 0 Å². The van der Waals surface area contributed by atoms with Crippen molar-refractivity contribution in [1.82, 2.24) is 0 Å². The van der Waals surface area contributed by atoms with Crippen LogP contribution in [0, 0.1) is 6.92 Å². The van der Waals surface area contributed by atoms with Crippen LogP contribution in [0.3, 0.4) is 0 Å². The number of hydrogen-bond donors (Lipinski definition) is 1. The maximum absolute atomic E-state index is 10.1. The molecule has 0 amide bonds. The van der Waals surface area contributed by atoms with Crippen molar-refractivity contribution in [3.05, 3.63) is 29.3 Å². The Bertz CT molecular complexity index is 336. The van der Waals surface area contributed by atoms with Gasteiger partial charge in [0.05, 0.1) is 13.2 Å². The highest BCUT2D eigenvalue weighted by molar-refractivity contribution is 5.38. The molecular formula is C14H22O3. The first-order chi connectivity index (χ1) is 8.19. The van der Waals surface area contributed by atoms with Crippen LogP contribution >= 0.6 is 0 Å². The lowest BCUT2D eigenvalue weighted by molar-refractivity contribution is 0.0810. The molecule has 0 aliphatic heterocycles. The third kappa shape index (κ3) is 4.36. The van der Waals surface area contributed by atoms with Crippen LogP contribution in [0.5, 0.6) is 5.75 Å². The lowest BCUT2D eigenvalue weighted by Gasteiger charge is -2.15. The van der Waals surface area contributed by atoms with E-state index in [1.807, 2.05) is 25.1 Å². The highest BCUT2D eigenvalue weighted by atomic mass is 16.5. The minimum absolute atomic E-state index is 0.526. The second-order valence-electron chi connectivity index (χ2n) is 4.16. The molecule has 17 heavy (non-hydrogen) atoms. The van der Waals surface area contributed by atoms with Gasteiger partial charge in [-0.25, -0.2) is 0 Å². The zero-order valence-corrected chi connectivity index (χ0v) is 10.9. The fourth-order valence-corrected chi connectivity index (χ4v) is 1.71. The van der Waals surface area contributed by atoms with Crippen LogP contribution in [-0.4, -0.2) is 25.4 Å². The van der Waals surface area contributed by atoms with E-state index >= 15 is 0 Å². The van der Waals surface area contributed by atoms with Gasteiger partial charge in [0.15, 0.2) is 0 Å². The molecule has 0 bridgehead atoms. The van der Waals surface area contributed by atoms with Crippen LogP contribution in [0.1, 0.15) is 37.0 Å². The summed E-state index contributed by atoms with van der Waals surface area (Å²) in [7, 11) is 1.62. The van der Waals surface area contributed by atoms with Crippen molar-refractivity contribution in [2.45, 2.75) is 32.8 Å². The molecule has 0 saturated carbocycles.